The van der Waals surface area contributed by atoms with Gasteiger partial charge in [-0.25, -0.2) is 0 Å². The van der Waals surface area contributed by atoms with Crippen molar-refractivity contribution in [3.05, 3.63) is 41.5 Å². The van der Waals surface area contributed by atoms with Gasteiger partial charge in [-0.1, -0.05) is 31.1 Å². The number of methoxy groups -OCH3 is 1. The van der Waals surface area contributed by atoms with Gasteiger partial charge in [0.1, 0.15) is 5.75 Å². The topological polar surface area (TPSA) is 51.4 Å². The van der Waals surface area contributed by atoms with E-state index in [4.69, 9.17) is 9.26 Å². The van der Waals surface area contributed by atoms with Crippen molar-refractivity contribution < 1.29 is 9.26 Å². The first-order valence-electron chi connectivity index (χ1n) is 8.35. The lowest BCUT2D eigenvalue weighted by Gasteiger charge is -2.23. The van der Waals surface area contributed by atoms with E-state index in [9.17, 15) is 0 Å². The minimum Gasteiger partial charge on any atom is -0.497 e. The summed E-state index contributed by atoms with van der Waals surface area (Å²) in [6, 6.07) is 8.74. The highest BCUT2D eigenvalue weighted by molar-refractivity contribution is 5.31. The second-order valence-electron chi connectivity index (χ2n) is 6.61. The van der Waals surface area contributed by atoms with Gasteiger partial charge in [0.25, 0.3) is 0 Å². The van der Waals surface area contributed by atoms with Gasteiger partial charge in [-0.15, -0.1) is 0 Å². The SMILES string of the molecule is COc1cccc([C@H]2CCCN2Cc2noc(CC(C)C)n2)c1. The lowest BCUT2D eigenvalue weighted by atomic mass is 10.0. The maximum atomic E-state index is 5.36. The molecule has 1 atom stereocenters. The minimum atomic E-state index is 0.400. The maximum Gasteiger partial charge on any atom is 0.226 e. The number of nitrogens with zero attached hydrogens (tertiary/aromatic N) is 3. The van der Waals surface area contributed by atoms with Gasteiger partial charge < -0.3 is 9.26 Å². The Morgan fingerprint density at radius 3 is 3.04 bits per heavy atom. The molecule has 0 spiro atoms. The van der Waals surface area contributed by atoms with Gasteiger partial charge in [0.15, 0.2) is 5.82 Å². The van der Waals surface area contributed by atoms with Crippen molar-refractivity contribution in [2.24, 2.45) is 5.92 Å². The Labute approximate surface area is 137 Å². The highest BCUT2D eigenvalue weighted by atomic mass is 16.5. The second kappa shape index (κ2) is 7.13. The van der Waals surface area contributed by atoms with Crippen LogP contribution in [0.3, 0.4) is 0 Å². The predicted octanol–water partition coefficient (Wildman–Crippen LogP) is 3.61. The minimum absolute atomic E-state index is 0.400. The lowest BCUT2D eigenvalue weighted by Crippen LogP contribution is -2.23. The van der Waals surface area contributed by atoms with Crippen molar-refractivity contribution >= 4 is 0 Å². The molecule has 0 saturated carbocycles. The zero-order chi connectivity index (χ0) is 16.2. The molecule has 23 heavy (non-hydrogen) atoms. The summed E-state index contributed by atoms with van der Waals surface area (Å²) in [5.41, 5.74) is 1.30. The van der Waals surface area contributed by atoms with E-state index < -0.39 is 0 Å². The summed E-state index contributed by atoms with van der Waals surface area (Å²) in [5, 5.41) is 4.14. The molecule has 0 aliphatic carbocycles. The average Bonchev–Trinajstić information content (AvgIpc) is 3.17. The molecule has 124 valence electrons. The fraction of sp³-hybridized carbons (Fsp3) is 0.556. The van der Waals surface area contributed by atoms with Gasteiger partial charge in [-0.3, -0.25) is 4.90 Å². The molecule has 5 heteroatoms. The van der Waals surface area contributed by atoms with Gasteiger partial charge >= 0.3 is 0 Å². The molecule has 2 aromatic rings. The number of rotatable bonds is 6. The molecule has 1 aliphatic rings. The van der Waals surface area contributed by atoms with Gasteiger partial charge in [0.05, 0.1) is 13.7 Å². The number of hydrogen-bond donors (Lipinski definition) is 0. The van der Waals surface area contributed by atoms with E-state index in [2.05, 4.69) is 47.1 Å². The summed E-state index contributed by atoms with van der Waals surface area (Å²) in [6.45, 7) is 6.12. The summed E-state index contributed by atoms with van der Waals surface area (Å²) in [5.74, 6) is 2.97. The molecule has 1 aliphatic heterocycles. The third kappa shape index (κ3) is 3.91. The standard InChI is InChI=1S/C18H25N3O2/c1-13(2)10-18-19-17(20-23-18)12-21-9-5-8-16(21)14-6-4-7-15(11-14)22-3/h4,6-7,11,13,16H,5,8-10,12H2,1-3H3/t16-/m1/s1. The third-order valence-corrected chi connectivity index (χ3v) is 4.28. The molecule has 0 radical (unpaired) electrons. The Balaban J connectivity index is 1.70. The fourth-order valence-corrected chi connectivity index (χ4v) is 3.21. The molecular formula is C18H25N3O2. The van der Waals surface area contributed by atoms with Crippen molar-refractivity contribution in [1.82, 2.24) is 15.0 Å². The molecule has 5 nitrogen and oxygen atoms in total. The predicted molar refractivity (Wildman–Crippen MR) is 88.2 cm³/mol. The molecular weight excluding hydrogens is 290 g/mol. The van der Waals surface area contributed by atoms with Crippen LogP contribution in [0.2, 0.25) is 0 Å². The maximum absolute atomic E-state index is 5.36. The molecule has 0 amide bonds. The number of likely N-dealkylation sites (tertiary alicyclic amines) is 1. The van der Waals surface area contributed by atoms with Gasteiger partial charge in [0, 0.05) is 12.5 Å². The van der Waals surface area contributed by atoms with E-state index >= 15 is 0 Å². The molecule has 0 N–H and O–H groups in total. The first-order valence-corrected chi connectivity index (χ1v) is 8.35. The number of benzene rings is 1. The summed E-state index contributed by atoms with van der Waals surface area (Å²) >= 11 is 0. The van der Waals surface area contributed by atoms with Crippen LogP contribution in [0.25, 0.3) is 0 Å². The van der Waals surface area contributed by atoms with Crippen LogP contribution in [0, 0.1) is 5.92 Å². The van der Waals surface area contributed by atoms with Crippen LogP contribution in [0.15, 0.2) is 28.8 Å². The highest BCUT2D eigenvalue weighted by Crippen LogP contribution is 2.34. The molecule has 0 unspecified atom stereocenters. The Kier molecular flexibility index (Phi) is 4.96. The van der Waals surface area contributed by atoms with Crippen LogP contribution >= 0.6 is 0 Å². The summed E-state index contributed by atoms with van der Waals surface area (Å²) in [4.78, 5) is 6.96. The number of ether oxygens (including phenoxy) is 1. The molecule has 1 aromatic carbocycles. The van der Waals surface area contributed by atoms with E-state index in [1.54, 1.807) is 7.11 Å². The first kappa shape index (κ1) is 16.0. The van der Waals surface area contributed by atoms with Gasteiger partial charge in [-0.05, 0) is 43.0 Å². The number of hydrogen-bond acceptors (Lipinski definition) is 5. The van der Waals surface area contributed by atoms with Crippen molar-refractivity contribution in [2.75, 3.05) is 13.7 Å². The molecule has 3 rings (SSSR count). The summed E-state index contributed by atoms with van der Waals surface area (Å²) < 4.78 is 10.7. The summed E-state index contributed by atoms with van der Waals surface area (Å²) in [7, 11) is 1.71. The van der Waals surface area contributed by atoms with Gasteiger partial charge in [-0.2, -0.15) is 4.98 Å². The van der Waals surface area contributed by atoms with E-state index in [1.165, 1.54) is 12.0 Å². The number of aromatic nitrogens is 2. The van der Waals surface area contributed by atoms with E-state index in [-0.39, 0.29) is 0 Å². The van der Waals surface area contributed by atoms with Crippen LogP contribution in [0.5, 0.6) is 5.75 Å². The molecule has 0 bridgehead atoms. The van der Waals surface area contributed by atoms with Gasteiger partial charge in [0.2, 0.25) is 5.89 Å². The van der Waals surface area contributed by atoms with E-state index in [0.29, 0.717) is 12.0 Å². The second-order valence-corrected chi connectivity index (χ2v) is 6.61. The van der Waals surface area contributed by atoms with Crippen molar-refractivity contribution in [1.29, 1.82) is 0 Å². The lowest BCUT2D eigenvalue weighted by molar-refractivity contribution is 0.237. The largest absolute Gasteiger partial charge is 0.497 e. The van der Waals surface area contributed by atoms with Crippen LogP contribution in [0.1, 0.15) is 50.0 Å². The molecule has 1 saturated heterocycles. The average molecular weight is 315 g/mol. The monoisotopic (exact) mass is 315 g/mol. The first-order chi connectivity index (χ1) is 11.2. The van der Waals surface area contributed by atoms with Crippen LogP contribution in [-0.2, 0) is 13.0 Å². The van der Waals surface area contributed by atoms with Crippen LogP contribution < -0.4 is 4.74 Å². The Bertz CT molecular complexity index is 639. The smallest absolute Gasteiger partial charge is 0.226 e. The molecule has 1 fully saturated rings. The normalized spacial score (nSPS) is 18.7. The van der Waals surface area contributed by atoms with Crippen LogP contribution in [0.4, 0.5) is 0 Å². The van der Waals surface area contributed by atoms with Crippen LogP contribution in [-0.4, -0.2) is 28.7 Å². The van der Waals surface area contributed by atoms with Crippen molar-refractivity contribution in [2.45, 2.75) is 45.7 Å². The quantitative estimate of drug-likeness (QED) is 0.815. The fourth-order valence-electron chi connectivity index (χ4n) is 3.21. The van der Waals surface area contributed by atoms with E-state index in [0.717, 1.165) is 43.4 Å². The zero-order valence-corrected chi connectivity index (χ0v) is 14.2. The summed E-state index contributed by atoms with van der Waals surface area (Å²) in [6.07, 6.45) is 3.19. The zero-order valence-electron chi connectivity index (χ0n) is 14.2. The Morgan fingerprint density at radius 1 is 1.39 bits per heavy atom. The molecule has 1 aromatic heterocycles. The van der Waals surface area contributed by atoms with Crippen molar-refractivity contribution in [3.63, 3.8) is 0 Å². The molecule has 2 heterocycles. The third-order valence-electron chi connectivity index (χ3n) is 4.28. The van der Waals surface area contributed by atoms with Crippen molar-refractivity contribution in [3.8, 4) is 5.75 Å². The Hall–Kier alpha value is -1.88. The highest BCUT2D eigenvalue weighted by Gasteiger charge is 2.27. The van der Waals surface area contributed by atoms with E-state index in [1.807, 2.05) is 6.07 Å². The Morgan fingerprint density at radius 2 is 2.26 bits per heavy atom.